The van der Waals surface area contributed by atoms with E-state index in [0.29, 0.717) is 12.1 Å². The summed E-state index contributed by atoms with van der Waals surface area (Å²) in [6, 6.07) is 7.13. The van der Waals surface area contributed by atoms with E-state index in [9.17, 15) is 4.79 Å². The van der Waals surface area contributed by atoms with E-state index in [4.69, 9.17) is 15.5 Å². The molecule has 0 radical (unpaired) electrons. The first-order valence-electron chi connectivity index (χ1n) is 12.7. The molecule has 1 aromatic rings. The van der Waals surface area contributed by atoms with Crippen molar-refractivity contribution in [1.29, 1.82) is 0 Å². The van der Waals surface area contributed by atoms with Gasteiger partial charge in [0.05, 0.1) is 12.1 Å². The molecule has 0 aliphatic heterocycles. The van der Waals surface area contributed by atoms with E-state index < -0.39 is 0 Å². The van der Waals surface area contributed by atoms with Crippen LogP contribution in [0.15, 0.2) is 23.2 Å². The Morgan fingerprint density at radius 2 is 1.94 bits per heavy atom. The van der Waals surface area contributed by atoms with Crippen LogP contribution in [0.3, 0.4) is 0 Å². The number of nitrogens with zero attached hydrogens (tertiary/aromatic N) is 2. The van der Waals surface area contributed by atoms with Crippen molar-refractivity contribution in [2.24, 2.45) is 22.1 Å². The SMILES string of the molecule is COC1CCC2(CC1)Cc1ccc(CC3CCCCC3)cc1C2N=C(N)N(C=O)C(C)C. The molecule has 1 aromatic carbocycles. The summed E-state index contributed by atoms with van der Waals surface area (Å²) in [6.07, 6.45) is 14.5. The predicted molar refractivity (Wildman–Crippen MR) is 130 cm³/mol. The minimum Gasteiger partial charge on any atom is -0.381 e. The van der Waals surface area contributed by atoms with Gasteiger partial charge >= 0.3 is 0 Å². The lowest BCUT2D eigenvalue weighted by atomic mass is 9.68. The molecule has 1 spiro atoms. The molecule has 1 atom stereocenters. The highest BCUT2D eigenvalue weighted by molar-refractivity contribution is 5.88. The highest BCUT2D eigenvalue weighted by Crippen LogP contribution is 2.56. The fourth-order valence-electron chi connectivity index (χ4n) is 6.42. The lowest BCUT2D eigenvalue weighted by Gasteiger charge is -2.40. The lowest BCUT2D eigenvalue weighted by Crippen LogP contribution is -2.42. The number of nitrogens with two attached hydrogens (primary N) is 1. The Labute approximate surface area is 193 Å². The van der Waals surface area contributed by atoms with E-state index in [1.807, 2.05) is 21.0 Å². The van der Waals surface area contributed by atoms with Gasteiger partial charge in [-0.25, -0.2) is 4.99 Å². The molecule has 0 bridgehead atoms. The average Bonchev–Trinajstić information content (AvgIpc) is 3.07. The number of aliphatic imine (C=N–C) groups is 1. The van der Waals surface area contributed by atoms with Crippen LogP contribution in [-0.4, -0.2) is 36.5 Å². The zero-order valence-corrected chi connectivity index (χ0v) is 20.2. The van der Waals surface area contributed by atoms with Crippen LogP contribution in [0.2, 0.25) is 0 Å². The second-order valence-corrected chi connectivity index (χ2v) is 10.7. The first kappa shape index (κ1) is 23.3. The van der Waals surface area contributed by atoms with Gasteiger partial charge in [-0.1, -0.05) is 50.3 Å². The number of carbonyl (C=O) groups excluding carboxylic acids is 1. The van der Waals surface area contributed by atoms with E-state index in [-0.39, 0.29) is 17.5 Å². The van der Waals surface area contributed by atoms with Crippen LogP contribution in [-0.2, 0) is 22.4 Å². The van der Waals surface area contributed by atoms with Crippen LogP contribution >= 0.6 is 0 Å². The Kier molecular flexibility index (Phi) is 7.24. The van der Waals surface area contributed by atoms with E-state index in [2.05, 4.69) is 18.2 Å². The second kappa shape index (κ2) is 9.94. The van der Waals surface area contributed by atoms with Crippen LogP contribution < -0.4 is 5.73 Å². The summed E-state index contributed by atoms with van der Waals surface area (Å²) in [5.74, 6) is 1.16. The van der Waals surface area contributed by atoms with Gasteiger partial charge in [0.25, 0.3) is 0 Å². The van der Waals surface area contributed by atoms with E-state index in [1.54, 1.807) is 4.90 Å². The van der Waals surface area contributed by atoms with Crippen molar-refractivity contribution in [1.82, 2.24) is 4.90 Å². The van der Waals surface area contributed by atoms with E-state index >= 15 is 0 Å². The zero-order valence-electron chi connectivity index (χ0n) is 20.2. The van der Waals surface area contributed by atoms with Gasteiger partial charge in [-0.2, -0.15) is 0 Å². The Balaban J connectivity index is 1.66. The van der Waals surface area contributed by atoms with Gasteiger partial charge in [0, 0.05) is 18.6 Å². The smallest absolute Gasteiger partial charge is 0.216 e. The number of hydrogen-bond acceptors (Lipinski definition) is 3. The van der Waals surface area contributed by atoms with Crippen LogP contribution in [0.1, 0.15) is 94.4 Å². The Morgan fingerprint density at radius 3 is 2.56 bits per heavy atom. The molecule has 2 fully saturated rings. The van der Waals surface area contributed by atoms with Crippen LogP contribution in [0.5, 0.6) is 0 Å². The molecule has 4 rings (SSSR count). The molecule has 3 aliphatic carbocycles. The van der Waals surface area contributed by atoms with Crippen molar-refractivity contribution in [3.63, 3.8) is 0 Å². The molecular weight excluding hydrogens is 398 g/mol. The zero-order chi connectivity index (χ0) is 22.7. The first-order valence-corrected chi connectivity index (χ1v) is 12.7. The highest BCUT2D eigenvalue weighted by atomic mass is 16.5. The third kappa shape index (κ3) is 4.73. The predicted octanol–water partition coefficient (Wildman–Crippen LogP) is 5.16. The number of benzene rings is 1. The number of rotatable bonds is 6. The number of ether oxygens (including phenoxy) is 1. The van der Waals surface area contributed by atoms with Crippen molar-refractivity contribution in [3.05, 3.63) is 34.9 Å². The molecule has 32 heavy (non-hydrogen) atoms. The maximum absolute atomic E-state index is 11.7. The molecule has 0 saturated heterocycles. The minimum atomic E-state index is -0.00469. The van der Waals surface area contributed by atoms with Crippen molar-refractivity contribution in [2.45, 2.75) is 103 Å². The molecule has 0 heterocycles. The Morgan fingerprint density at radius 1 is 1.22 bits per heavy atom. The van der Waals surface area contributed by atoms with Gasteiger partial charge in [0.2, 0.25) is 6.41 Å². The second-order valence-electron chi connectivity index (χ2n) is 10.7. The van der Waals surface area contributed by atoms with Gasteiger partial charge in [-0.15, -0.1) is 0 Å². The number of amides is 1. The topological polar surface area (TPSA) is 67.9 Å². The standard InChI is InChI=1S/C27H41N3O2/c1-19(2)30(18-31)26(28)29-25-24-16-21(15-20-7-5-4-6-8-20)9-10-22(24)17-27(25)13-11-23(32-3)12-14-27/h9-10,16,18-20,23,25H,4-8,11-15,17H2,1-3H3,(H2,28,29). The summed E-state index contributed by atoms with van der Waals surface area (Å²) in [7, 11) is 1.82. The highest BCUT2D eigenvalue weighted by Gasteiger charge is 2.48. The summed E-state index contributed by atoms with van der Waals surface area (Å²) >= 11 is 0. The van der Waals surface area contributed by atoms with Gasteiger partial charge < -0.3 is 10.5 Å². The molecule has 3 aliphatic rings. The van der Waals surface area contributed by atoms with E-state index in [0.717, 1.165) is 44.4 Å². The molecular formula is C27H41N3O2. The van der Waals surface area contributed by atoms with Crippen LogP contribution in [0, 0.1) is 11.3 Å². The average molecular weight is 440 g/mol. The lowest BCUT2D eigenvalue weighted by molar-refractivity contribution is -0.115. The van der Waals surface area contributed by atoms with Crippen molar-refractivity contribution in [3.8, 4) is 0 Å². The van der Waals surface area contributed by atoms with Crippen LogP contribution in [0.25, 0.3) is 0 Å². The number of hydrogen-bond donors (Lipinski definition) is 1. The van der Waals surface area contributed by atoms with Gasteiger partial charge in [-0.05, 0) is 75.0 Å². The summed E-state index contributed by atoms with van der Waals surface area (Å²) in [5.41, 5.74) is 10.7. The minimum absolute atomic E-state index is 0.00469. The van der Waals surface area contributed by atoms with Crippen molar-refractivity contribution in [2.75, 3.05) is 7.11 Å². The summed E-state index contributed by atoms with van der Waals surface area (Å²) in [4.78, 5) is 18.3. The maximum Gasteiger partial charge on any atom is 0.216 e. The fourth-order valence-corrected chi connectivity index (χ4v) is 6.42. The summed E-state index contributed by atoms with van der Waals surface area (Å²) < 4.78 is 5.66. The number of guanidine groups is 1. The number of methoxy groups -OCH3 is 1. The van der Waals surface area contributed by atoms with Crippen molar-refractivity contribution < 1.29 is 9.53 Å². The van der Waals surface area contributed by atoms with Crippen molar-refractivity contribution >= 4 is 12.4 Å². The number of carbonyl (C=O) groups is 1. The Bertz CT molecular complexity index is 820. The molecule has 2 N–H and O–H groups in total. The normalized spacial score (nSPS) is 28.8. The molecule has 2 saturated carbocycles. The fraction of sp³-hybridized carbons (Fsp3) is 0.704. The van der Waals surface area contributed by atoms with E-state index in [1.165, 1.54) is 55.2 Å². The van der Waals surface area contributed by atoms with Gasteiger partial charge in [0.15, 0.2) is 5.96 Å². The van der Waals surface area contributed by atoms with Gasteiger partial charge in [0.1, 0.15) is 0 Å². The molecule has 5 nitrogen and oxygen atoms in total. The molecule has 176 valence electrons. The molecule has 0 aromatic heterocycles. The summed E-state index contributed by atoms with van der Waals surface area (Å²) in [6.45, 7) is 3.95. The molecule has 5 heteroatoms. The monoisotopic (exact) mass is 439 g/mol. The number of fused-ring (bicyclic) bond motifs is 1. The first-order chi connectivity index (χ1) is 15.5. The van der Waals surface area contributed by atoms with Crippen LogP contribution in [0.4, 0.5) is 0 Å². The Hall–Kier alpha value is -1.88. The third-order valence-corrected chi connectivity index (χ3v) is 8.33. The van der Waals surface area contributed by atoms with Gasteiger partial charge in [-0.3, -0.25) is 9.69 Å². The molecule has 1 unspecified atom stereocenters. The summed E-state index contributed by atoms with van der Waals surface area (Å²) in [5, 5.41) is 0. The maximum atomic E-state index is 11.7. The largest absolute Gasteiger partial charge is 0.381 e. The third-order valence-electron chi connectivity index (χ3n) is 8.33. The molecule has 1 amide bonds. The quantitative estimate of drug-likeness (QED) is 0.378.